The van der Waals surface area contributed by atoms with E-state index in [0.717, 1.165) is 18.3 Å². The molecule has 2 unspecified atom stereocenters. The second-order valence-electron chi connectivity index (χ2n) is 6.83. The van der Waals surface area contributed by atoms with Crippen molar-refractivity contribution in [3.63, 3.8) is 0 Å². The molecule has 3 heteroatoms. The topological polar surface area (TPSA) is 28.2 Å². The standard InChI is InChI=1S/C18H29N3/c1-4-10-19-15-11-16-6-5-7-17(12-15)21(16)18-9-8-13(2)20-14(18)3/h8-9,15-17,19H,4-7,10-12H2,1-3H3. The van der Waals surface area contributed by atoms with Crippen LogP contribution in [0.5, 0.6) is 0 Å². The summed E-state index contributed by atoms with van der Waals surface area (Å²) < 4.78 is 0. The fourth-order valence-corrected chi connectivity index (χ4v) is 4.24. The number of aromatic nitrogens is 1. The maximum absolute atomic E-state index is 4.69. The van der Waals surface area contributed by atoms with E-state index in [4.69, 9.17) is 0 Å². The Morgan fingerprint density at radius 1 is 1.19 bits per heavy atom. The first-order chi connectivity index (χ1) is 10.2. The molecule has 2 aliphatic rings. The van der Waals surface area contributed by atoms with Gasteiger partial charge in [-0.2, -0.15) is 0 Å². The third-order valence-electron chi connectivity index (χ3n) is 5.13. The second-order valence-corrected chi connectivity index (χ2v) is 6.83. The van der Waals surface area contributed by atoms with Crippen molar-refractivity contribution < 1.29 is 0 Å². The zero-order chi connectivity index (χ0) is 14.8. The largest absolute Gasteiger partial charge is 0.364 e. The van der Waals surface area contributed by atoms with Gasteiger partial charge in [0.15, 0.2) is 0 Å². The van der Waals surface area contributed by atoms with E-state index in [1.807, 2.05) is 0 Å². The van der Waals surface area contributed by atoms with Crippen LogP contribution in [0, 0.1) is 13.8 Å². The fraction of sp³-hybridized carbons (Fsp3) is 0.722. The molecule has 0 aliphatic carbocycles. The van der Waals surface area contributed by atoms with Crippen LogP contribution >= 0.6 is 0 Å². The van der Waals surface area contributed by atoms with Crippen molar-refractivity contribution >= 4 is 5.69 Å². The average molecular weight is 287 g/mol. The first-order valence-corrected chi connectivity index (χ1v) is 8.65. The summed E-state index contributed by atoms with van der Waals surface area (Å²) in [5, 5.41) is 3.75. The number of nitrogens with zero attached hydrogens (tertiary/aromatic N) is 2. The smallest absolute Gasteiger partial charge is 0.0609 e. The average Bonchev–Trinajstić information content (AvgIpc) is 2.44. The summed E-state index contributed by atoms with van der Waals surface area (Å²) in [5.41, 5.74) is 3.71. The van der Waals surface area contributed by atoms with Gasteiger partial charge in [0.05, 0.1) is 11.4 Å². The van der Waals surface area contributed by atoms with Gasteiger partial charge in [0.1, 0.15) is 0 Å². The van der Waals surface area contributed by atoms with E-state index in [-0.39, 0.29) is 0 Å². The number of rotatable bonds is 4. The highest BCUT2D eigenvalue weighted by Gasteiger charge is 2.38. The molecule has 1 aromatic rings. The zero-order valence-corrected chi connectivity index (χ0v) is 13.7. The van der Waals surface area contributed by atoms with Gasteiger partial charge in [0.2, 0.25) is 0 Å². The molecule has 21 heavy (non-hydrogen) atoms. The first-order valence-electron chi connectivity index (χ1n) is 8.65. The van der Waals surface area contributed by atoms with Gasteiger partial charge in [-0.1, -0.05) is 6.92 Å². The molecule has 2 fully saturated rings. The van der Waals surface area contributed by atoms with Gasteiger partial charge in [0.25, 0.3) is 0 Å². The minimum absolute atomic E-state index is 0.704. The van der Waals surface area contributed by atoms with Crippen molar-refractivity contribution in [1.29, 1.82) is 0 Å². The molecule has 2 atom stereocenters. The summed E-state index contributed by atoms with van der Waals surface area (Å²) in [6.45, 7) is 7.66. The van der Waals surface area contributed by atoms with Crippen LogP contribution in [0.2, 0.25) is 0 Å². The molecule has 0 aromatic carbocycles. The van der Waals surface area contributed by atoms with E-state index >= 15 is 0 Å². The van der Waals surface area contributed by atoms with Gasteiger partial charge in [-0.3, -0.25) is 4.98 Å². The normalized spacial score (nSPS) is 28.7. The van der Waals surface area contributed by atoms with Gasteiger partial charge >= 0.3 is 0 Å². The van der Waals surface area contributed by atoms with Crippen LogP contribution in [0.15, 0.2) is 12.1 Å². The highest BCUT2D eigenvalue weighted by Crippen LogP contribution is 2.38. The van der Waals surface area contributed by atoms with Gasteiger partial charge in [-0.15, -0.1) is 0 Å². The van der Waals surface area contributed by atoms with Crippen molar-refractivity contribution in [3.8, 4) is 0 Å². The number of piperidine rings is 2. The number of aryl methyl sites for hydroxylation is 2. The first kappa shape index (κ1) is 14.8. The Hall–Kier alpha value is -1.09. The van der Waals surface area contributed by atoms with Crippen molar-refractivity contribution in [2.75, 3.05) is 11.4 Å². The lowest BCUT2D eigenvalue weighted by Gasteiger charge is -2.50. The summed E-state index contributed by atoms with van der Waals surface area (Å²) >= 11 is 0. The summed E-state index contributed by atoms with van der Waals surface area (Å²) in [6, 6.07) is 6.59. The SMILES string of the molecule is CCCNC1CC2CCCC(C1)N2c1ccc(C)nc1C. The molecule has 3 rings (SSSR count). The molecule has 3 heterocycles. The lowest BCUT2D eigenvalue weighted by molar-refractivity contribution is 0.245. The molecule has 116 valence electrons. The Morgan fingerprint density at radius 2 is 1.90 bits per heavy atom. The van der Waals surface area contributed by atoms with E-state index in [9.17, 15) is 0 Å². The lowest BCUT2D eigenvalue weighted by Crippen LogP contribution is -2.56. The Bertz CT molecular complexity index is 471. The summed E-state index contributed by atoms with van der Waals surface area (Å²) in [6.07, 6.45) is 7.90. The summed E-state index contributed by atoms with van der Waals surface area (Å²) in [4.78, 5) is 7.39. The van der Waals surface area contributed by atoms with Crippen LogP contribution in [-0.4, -0.2) is 29.7 Å². The van der Waals surface area contributed by atoms with Gasteiger partial charge in [-0.25, -0.2) is 0 Å². The zero-order valence-electron chi connectivity index (χ0n) is 13.7. The molecule has 3 nitrogen and oxygen atoms in total. The van der Waals surface area contributed by atoms with Crippen LogP contribution in [0.25, 0.3) is 0 Å². The predicted octanol–water partition coefficient (Wildman–Crippen LogP) is 3.59. The summed E-state index contributed by atoms with van der Waals surface area (Å²) in [7, 11) is 0. The maximum atomic E-state index is 4.69. The minimum Gasteiger partial charge on any atom is -0.364 e. The second kappa shape index (κ2) is 6.35. The highest BCUT2D eigenvalue weighted by molar-refractivity contribution is 5.53. The molecular formula is C18H29N3. The van der Waals surface area contributed by atoms with E-state index in [1.54, 1.807) is 0 Å². The van der Waals surface area contributed by atoms with Gasteiger partial charge in [-0.05, 0) is 71.0 Å². The van der Waals surface area contributed by atoms with Crippen molar-refractivity contribution in [1.82, 2.24) is 10.3 Å². The van der Waals surface area contributed by atoms with Crippen LogP contribution in [0.3, 0.4) is 0 Å². The van der Waals surface area contributed by atoms with Gasteiger partial charge in [0, 0.05) is 23.8 Å². The Balaban J connectivity index is 1.80. The number of pyridine rings is 1. The van der Waals surface area contributed by atoms with E-state index < -0.39 is 0 Å². The summed E-state index contributed by atoms with van der Waals surface area (Å²) in [5.74, 6) is 0. The molecule has 0 radical (unpaired) electrons. The monoisotopic (exact) mass is 287 g/mol. The predicted molar refractivity (Wildman–Crippen MR) is 88.9 cm³/mol. The van der Waals surface area contributed by atoms with Crippen LogP contribution in [0.1, 0.15) is 56.8 Å². The third kappa shape index (κ3) is 3.08. The Kier molecular flexibility index (Phi) is 4.48. The molecule has 0 saturated carbocycles. The quantitative estimate of drug-likeness (QED) is 0.917. The Morgan fingerprint density at radius 3 is 2.52 bits per heavy atom. The fourth-order valence-electron chi connectivity index (χ4n) is 4.24. The molecule has 1 aromatic heterocycles. The third-order valence-corrected chi connectivity index (χ3v) is 5.13. The Labute approximate surface area is 129 Å². The van der Waals surface area contributed by atoms with Crippen LogP contribution in [-0.2, 0) is 0 Å². The van der Waals surface area contributed by atoms with Crippen molar-refractivity contribution in [3.05, 3.63) is 23.5 Å². The number of anilines is 1. The van der Waals surface area contributed by atoms with Crippen molar-refractivity contribution in [2.24, 2.45) is 0 Å². The molecule has 1 N–H and O–H groups in total. The lowest BCUT2D eigenvalue weighted by atomic mass is 9.81. The van der Waals surface area contributed by atoms with Gasteiger partial charge < -0.3 is 10.2 Å². The van der Waals surface area contributed by atoms with E-state index in [0.29, 0.717) is 12.1 Å². The molecular weight excluding hydrogens is 258 g/mol. The minimum atomic E-state index is 0.704. The van der Waals surface area contributed by atoms with Crippen molar-refractivity contribution in [2.45, 2.75) is 77.4 Å². The van der Waals surface area contributed by atoms with Crippen LogP contribution < -0.4 is 10.2 Å². The molecule has 2 aliphatic heterocycles. The number of hydrogen-bond donors (Lipinski definition) is 1. The number of hydrogen-bond acceptors (Lipinski definition) is 3. The molecule has 0 amide bonds. The molecule has 2 bridgehead atoms. The van der Waals surface area contributed by atoms with Crippen LogP contribution in [0.4, 0.5) is 5.69 Å². The number of nitrogens with one attached hydrogen (secondary N) is 1. The van der Waals surface area contributed by atoms with E-state index in [2.05, 4.69) is 48.1 Å². The van der Waals surface area contributed by atoms with E-state index in [1.165, 1.54) is 49.9 Å². The maximum Gasteiger partial charge on any atom is 0.0609 e. The molecule has 0 spiro atoms. The highest BCUT2D eigenvalue weighted by atomic mass is 15.2. The number of fused-ring (bicyclic) bond motifs is 2. The molecule has 2 saturated heterocycles.